The average Bonchev–Trinajstić information content (AvgIpc) is 3.07. The molecule has 10 heteroatoms. The molecule has 3 aromatic rings. The van der Waals surface area contributed by atoms with Crippen LogP contribution in [0.4, 0.5) is 26.4 Å². The number of aliphatic hydroxyl groups is 1. The van der Waals surface area contributed by atoms with Crippen molar-refractivity contribution in [2.45, 2.75) is 38.3 Å². The Bertz CT molecular complexity index is 1010. The maximum absolute atomic E-state index is 14.0. The van der Waals surface area contributed by atoms with Gasteiger partial charge in [-0.15, -0.1) is 0 Å². The van der Waals surface area contributed by atoms with E-state index >= 15 is 0 Å². The highest BCUT2D eigenvalue weighted by atomic mass is 35.5. The lowest BCUT2D eigenvalue weighted by atomic mass is 9.85. The normalized spacial score (nSPS) is 22.4. The maximum atomic E-state index is 14.0. The van der Waals surface area contributed by atoms with Crippen LogP contribution in [0, 0.1) is 17.6 Å². The van der Waals surface area contributed by atoms with Crippen LogP contribution in [0.15, 0.2) is 18.3 Å². The van der Waals surface area contributed by atoms with E-state index in [2.05, 4.69) is 30.6 Å². The summed E-state index contributed by atoms with van der Waals surface area (Å²) in [6.45, 7) is 2.04. The van der Waals surface area contributed by atoms with E-state index in [0.717, 1.165) is 12.8 Å². The largest absolute Gasteiger partial charge is 0.393 e. The van der Waals surface area contributed by atoms with Gasteiger partial charge in [-0.05, 0) is 37.3 Å². The number of anilines is 3. The molecule has 4 N–H and O–H groups in total. The van der Waals surface area contributed by atoms with E-state index in [9.17, 15) is 13.9 Å². The van der Waals surface area contributed by atoms with Gasteiger partial charge in [0.05, 0.1) is 23.0 Å². The van der Waals surface area contributed by atoms with Gasteiger partial charge in [0, 0.05) is 6.04 Å². The number of aliphatic hydroxyl groups excluding tert-OH is 1. The van der Waals surface area contributed by atoms with Gasteiger partial charge < -0.3 is 20.7 Å². The van der Waals surface area contributed by atoms with Crippen LogP contribution in [-0.4, -0.2) is 37.2 Å². The number of hydrogen-bond donors (Lipinski definition) is 4. The number of aromatic nitrogens is 4. The number of halogens is 3. The standard InChI is InChI=1S/C18H19ClF2N6O/c1-8-2-3-9(6-13(8)28)23-17-22-7-12-16(26-17)27-18(25-12)24-11-5-4-10(19)14(20)15(11)21/h4-5,7-9,13,28H,2-3,6H2,1H3,(H3,22,23,24,25,26,27)/t8-,9-,13-/m1/s1. The lowest BCUT2D eigenvalue weighted by molar-refractivity contribution is 0.0739. The molecule has 1 saturated carbocycles. The SMILES string of the molecule is C[C@@H]1CC[C@@H](Nc2ncc3[nH]c(Nc4ccc(Cl)c(F)c4F)nc3n2)C[C@H]1O. The Labute approximate surface area is 164 Å². The molecule has 0 spiro atoms. The summed E-state index contributed by atoms with van der Waals surface area (Å²) in [6, 6.07) is 2.67. The number of benzene rings is 1. The molecule has 148 valence electrons. The Morgan fingerprint density at radius 1 is 1.21 bits per heavy atom. The van der Waals surface area contributed by atoms with Crippen molar-refractivity contribution in [1.29, 1.82) is 0 Å². The number of nitrogens with one attached hydrogen (secondary N) is 3. The third-order valence-electron chi connectivity index (χ3n) is 5.01. The van der Waals surface area contributed by atoms with Crippen LogP contribution < -0.4 is 10.6 Å². The Morgan fingerprint density at radius 3 is 2.82 bits per heavy atom. The third kappa shape index (κ3) is 3.72. The minimum absolute atomic E-state index is 0.0892. The zero-order valence-corrected chi connectivity index (χ0v) is 15.8. The van der Waals surface area contributed by atoms with Crippen molar-refractivity contribution < 1.29 is 13.9 Å². The van der Waals surface area contributed by atoms with Crippen LogP contribution >= 0.6 is 11.6 Å². The fourth-order valence-corrected chi connectivity index (χ4v) is 3.44. The molecule has 0 unspecified atom stereocenters. The molecule has 2 aromatic heterocycles. The van der Waals surface area contributed by atoms with Crippen LogP contribution in [0.25, 0.3) is 11.2 Å². The molecule has 4 rings (SSSR count). The van der Waals surface area contributed by atoms with Crippen molar-refractivity contribution in [3.05, 3.63) is 35.0 Å². The molecular weight excluding hydrogens is 390 g/mol. The number of rotatable bonds is 4. The van der Waals surface area contributed by atoms with Gasteiger partial charge in [-0.2, -0.15) is 9.97 Å². The number of hydrogen-bond acceptors (Lipinski definition) is 6. The molecular formula is C18H19ClF2N6O. The first-order chi connectivity index (χ1) is 13.4. The van der Waals surface area contributed by atoms with Gasteiger partial charge in [-0.3, -0.25) is 0 Å². The Balaban J connectivity index is 1.51. The fourth-order valence-electron chi connectivity index (χ4n) is 3.30. The summed E-state index contributed by atoms with van der Waals surface area (Å²) in [5.41, 5.74) is 0.817. The van der Waals surface area contributed by atoms with Crippen LogP contribution in [0.5, 0.6) is 0 Å². The van der Waals surface area contributed by atoms with Gasteiger partial charge in [0.2, 0.25) is 11.9 Å². The van der Waals surface area contributed by atoms with Gasteiger partial charge in [0.15, 0.2) is 17.3 Å². The predicted molar refractivity (Wildman–Crippen MR) is 103 cm³/mol. The predicted octanol–water partition coefficient (Wildman–Crippen LogP) is 3.99. The number of imidazole rings is 1. The van der Waals surface area contributed by atoms with Crippen molar-refractivity contribution in [3.8, 4) is 0 Å². The van der Waals surface area contributed by atoms with Crippen molar-refractivity contribution in [3.63, 3.8) is 0 Å². The molecule has 2 heterocycles. The van der Waals surface area contributed by atoms with Crippen molar-refractivity contribution in [2.24, 2.45) is 5.92 Å². The number of aromatic amines is 1. The summed E-state index contributed by atoms with van der Waals surface area (Å²) in [4.78, 5) is 15.8. The second-order valence-electron chi connectivity index (χ2n) is 7.06. The summed E-state index contributed by atoms with van der Waals surface area (Å²) < 4.78 is 27.6. The highest BCUT2D eigenvalue weighted by Crippen LogP contribution is 2.28. The molecule has 0 amide bonds. The first-order valence-corrected chi connectivity index (χ1v) is 9.36. The van der Waals surface area contributed by atoms with Crippen molar-refractivity contribution in [1.82, 2.24) is 19.9 Å². The molecule has 1 aliphatic carbocycles. The molecule has 1 aromatic carbocycles. The van der Waals surface area contributed by atoms with Crippen LogP contribution in [0.2, 0.25) is 5.02 Å². The number of H-pyrrole nitrogens is 1. The zero-order valence-electron chi connectivity index (χ0n) is 15.0. The lowest BCUT2D eigenvalue weighted by Gasteiger charge is -2.31. The molecule has 28 heavy (non-hydrogen) atoms. The zero-order chi connectivity index (χ0) is 19.8. The molecule has 0 aliphatic heterocycles. The summed E-state index contributed by atoms with van der Waals surface area (Å²) >= 11 is 5.56. The van der Waals surface area contributed by atoms with E-state index in [1.165, 1.54) is 12.1 Å². The second-order valence-corrected chi connectivity index (χ2v) is 7.47. The second kappa shape index (κ2) is 7.48. The van der Waals surface area contributed by atoms with Gasteiger partial charge >= 0.3 is 0 Å². The fraction of sp³-hybridized carbons (Fsp3) is 0.389. The lowest BCUT2D eigenvalue weighted by Crippen LogP contribution is -2.35. The first kappa shape index (κ1) is 18.8. The van der Waals surface area contributed by atoms with Crippen LogP contribution in [0.3, 0.4) is 0 Å². The third-order valence-corrected chi connectivity index (χ3v) is 5.31. The molecule has 1 fully saturated rings. The van der Waals surface area contributed by atoms with E-state index in [4.69, 9.17) is 11.6 Å². The van der Waals surface area contributed by atoms with Gasteiger partial charge in [0.25, 0.3) is 0 Å². The smallest absolute Gasteiger partial charge is 0.225 e. The summed E-state index contributed by atoms with van der Waals surface area (Å²) in [5, 5.41) is 15.6. The average molecular weight is 409 g/mol. The molecule has 7 nitrogen and oxygen atoms in total. The molecule has 0 saturated heterocycles. The Hall–Kier alpha value is -2.52. The summed E-state index contributed by atoms with van der Waals surface area (Å²) in [7, 11) is 0. The number of fused-ring (bicyclic) bond motifs is 1. The maximum Gasteiger partial charge on any atom is 0.225 e. The molecule has 0 radical (unpaired) electrons. The van der Waals surface area contributed by atoms with E-state index < -0.39 is 11.6 Å². The number of nitrogens with zero attached hydrogens (tertiary/aromatic N) is 3. The highest BCUT2D eigenvalue weighted by molar-refractivity contribution is 6.30. The van der Waals surface area contributed by atoms with E-state index in [0.29, 0.717) is 29.5 Å². The topological polar surface area (TPSA) is 98.8 Å². The molecule has 1 aliphatic rings. The van der Waals surface area contributed by atoms with Gasteiger partial charge in [-0.1, -0.05) is 18.5 Å². The molecule has 0 bridgehead atoms. The van der Waals surface area contributed by atoms with Gasteiger partial charge in [-0.25, -0.2) is 13.8 Å². The summed E-state index contributed by atoms with van der Waals surface area (Å²) in [6.07, 6.45) is 3.71. The van der Waals surface area contributed by atoms with E-state index in [-0.39, 0.29) is 28.8 Å². The van der Waals surface area contributed by atoms with E-state index in [1.807, 2.05) is 6.92 Å². The monoisotopic (exact) mass is 408 g/mol. The minimum atomic E-state index is -1.13. The quantitative estimate of drug-likeness (QED) is 0.487. The highest BCUT2D eigenvalue weighted by Gasteiger charge is 2.26. The summed E-state index contributed by atoms with van der Waals surface area (Å²) in [5.74, 6) is -1.32. The van der Waals surface area contributed by atoms with E-state index in [1.54, 1.807) is 6.20 Å². The van der Waals surface area contributed by atoms with Gasteiger partial charge in [0.1, 0.15) is 5.52 Å². The Morgan fingerprint density at radius 2 is 2.04 bits per heavy atom. The molecule has 3 atom stereocenters. The van der Waals surface area contributed by atoms with Crippen molar-refractivity contribution in [2.75, 3.05) is 10.6 Å². The first-order valence-electron chi connectivity index (χ1n) is 8.98. The van der Waals surface area contributed by atoms with Crippen molar-refractivity contribution >= 4 is 40.3 Å². The van der Waals surface area contributed by atoms with Crippen LogP contribution in [-0.2, 0) is 0 Å². The minimum Gasteiger partial charge on any atom is -0.393 e. The van der Waals surface area contributed by atoms with Crippen LogP contribution in [0.1, 0.15) is 26.2 Å². The Kier molecular flexibility index (Phi) is 5.03.